The van der Waals surface area contributed by atoms with Gasteiger partial charge in [0.15, 0.2) is 11.5 Å². The number of ether oxygens (including phenoxy) is 2. The third kappa shape index (κ3) is 4.24. The molecule has 1 fully saturated rings. The van der Waals surface area contributed by atoms with Gasteiger partial charge in [0.05, 0.1) is 14.2 Å². The van der Waals surface area contributed by atoms with E-state index in [1.54, 1.807) is 26.0 Å². The number of rotatable bonds is 7. The van der Waals surface area contributed by atoms with Gasteiger partial charge in [-0.15, -0.1) is 11.8 Å². The predicted molar refractivity (Wildman–Crippen MR) is 93.1 cm³/mol. The molecule has 3 nitrogen and oxygen atoms in total. The summed E-state index contributed by atoms with van der Waals surface area (Å²) >= 11 is 3.75. The zero-order chi connectivity index (χ0) is 15.2. The minimum absolute atomic E-state index is 0.644. The highest BCUT2D eigenvalue weighted by atomic mass is 32.2. The quantitative estimate of drug-likeness (QED) is 0.770. The Hall–Kier alpha value is -0.520. The highest BCUT2D eigenvalue weighted by molar-refractivity contribution is 7.99. The number of hydrogen-bond donors (Lipinski definition) is 1. The standard InChI is InChI=1S/C16H25NO2S2/c1-18-14-7-11(16(21-4)9-15(14)19-2)10-17-12-5-6-13(8-12)20-3/h7,9,12-13,17H,5-6,8,10H2,1-4H3. The van der Waals surface area contributed by atoms with E-state index in [-0.39, 0.29) is 0 Å². The van der Waals surface area contributed by atoms with Crippen molar-refractivity contribution < 1.29 is 9.47 Å². The maximum atomic E-state index is 5.42. The van der Waals surface area contributed by atoms with Crippen LogP contribution in [0.5, 0.6) is 11.5 Å². The second kappa shape index (κ2) is 8.20. The van der Waals surface area contributed by atoms with Crippen molar-refractivity contribution in [3.8, 4) is 11.5 Å². The summed E-state index contributed by atoms with van der Waals surface area (Å²) < 4.78 is 10.8. The Morgan fingerprint density at radius 1 is 1.14 bits per heavy atom. The minimum atomic E-state index is 0.644. The summed E-state index contributed by atoms with van der Waals surface area (Å²) in [7, 11) is 3.37. The van der Waals surface area contributed by atoms with Gasteiger partial charge in [0, 0.05) is 22.7 Å². The van der Waals surface area contributed by atoms with Gasteiger partial charge >= 0.3 is 0 Å². The van der Waals surface area contributed by atoms with E-state index in [0.29, 0.717) is 6.04 Å². The highest BCUT2D eigenvalue weighted by Crippen LogP contribution is 2.35. The molecule has 1 saturated carbocycles. The van der Waals surface area contributed by atoms with E-state index in [1.165, 1.54) is 29.7 Å². The molecule has 0 radical (unpaired) electrons. The summed E-state index contributed by atoms with van der Waals surface area (Å²) in [5.74, 6) is 1.61. The van der Waals surface area contributed by atoms with E-state index in [1.807, 2.05) is 11.8 Å². The number of benzene rings is 1. The van der Waals surface area contributed by atoms with Crippen molar-refractivity contribution in [2.75, 3.05) is 26.7 Å². The molecular formula is C16H25NO2S2. The van der Waals surface area contributed by atoms with Crippen LogP contribution in [-0.4, -0.2) is 38.0 Å². The molecule has 1 aromatic rings. The molecule has 0 spiro atoms. The van der Waals surface area contributed by atoms with Crippen LogP contribution in [0.25, 0.3) is 0 Å². The van der Waals surface area contributed by atoms with Crippen molar-refractivity contribution >= 4 is 23.5 Å². The lowest BCUT2D eigenvalue weighted by atomic mass is 10.1. The van der Waals surface area contributed by atoms with Crippen molar-refractivity contribution in [3.63, 3.8) is 0 Å². The van der Waals surface area contributed by atoms with Crippen LogP contribution in [0.4, 0.5) is 0 Å². The first kappa shape index (κ1) is 16.8. The number of hydrogen-bond acceptors (Lipinski definition) is 5. The molecule has 1 aromatic carbocycles. The van der Waals surface area contributed by atoms with Gasteiger partial charge in [0.2, 0.25) is 0 Å². The van der Waals surface area contributed by atoms with Gasteiger partial charge in [-0.1, -0.05) is 0 Å². The molecule has 0 bridgehead atoms. The maximum absolute atomic E-state index is 5.42. The second-order valence-corrected chi connectivity index (χ2v) is 7.25. The zero-order valence-electron chi connectivity index (χ0n) is 13.3. The summed E-state index contributed by atoms with van der Waals surface area (Å²) in [6, 6.07) is 4.81. The van der Waals surface area contributed by atoms with Crippen LogP contribution >= 0.6 is 23.5 Å². The third-order valence-electron chi connectivity index (χ3n) is 4.09. The minimum Gasteiger partial charge on any atom is -0.493 e. The Balaban J connectivity index is 2.05. The maximum Gasteiger partial charge on any atom is 0.161 e. The monoisotopic (exact) mass is 327 g/mol. The smallest absolute Gasteiger partial charge is 0.161 e. The van der Waals surface area contributed by atoms with Crippen LogP contribution in [0.15, 0.2) is 17.0 Å². The number of methoxy groups -OCH3 is 2. The molecule has 21 heavy (non-hydrogen) atoms. The van der Waals surface area contributed by atoms with E-state index >= 15 is 0 Å². The SMILES string of the molecule is COc1cc(CNC2CCC(SC)C2)c(SC)cc1OC. The Kier molecular flexibility index (Phi) is 6.58. The molecule has 5 heteroatoms. The van der Waals surface area contributed by atoms with Crippen LogP contribution in [0.1, 0.15) is 24.8 Å². The fraction of sp³-hybridized carbons (Fsp3) is 0.625. The second-order valence-electron chi connectivity index (χ2n) is 5.27. The average molecular weight is 328 g/mol. The molecule has 0 amide bonds. The Morgan fingerprint density at radius 2 is 1.86 bits per heavy atom. The lowest BCUT2D eigenvalue weighted by molar-refractivity contribution is 0.353. The normalized spacial score (nSPS) is 21.5. The summed E-state index contributed by atoms with van der Waals surface area (Å²) in [6.07, 6.45) is 8.22. The molecule has 1 aliphatic carbocycles. The fourth-order valence-electron chi connectivity index (χ4n) is 2.82. The molecule has 0 aliphatic heterocycles. The molecule has 2 unspecified atom stereocenters. The van der Waals surface area contributed by atoms with E-state index in [9.17, 15) is 0 Å². The van der Waals surface area contributed by atoms with Gasteiger partial charge < -0.3 is 14.8 Å². The molecule has 1 N–H and O–H groups in total. The van der Waals surface area contributed by atoms with E-state index in [0.717, 1.165) is 23.3 Å². The first-order valence-electron chi connectivity index (χ1n) is 7.26. The summed E-state index contributed by atoms with van der Waals surface area (Å²) in [6.45, 7) is 0.891. The Morgan fingerprint density at radius 3 is 2.43 bits per heavy atom. The van der Waals surface area contributed by atoms with Crippen LogP contribution in [0, 0.1) is 0 Å². The van der Waals surface area contributed by atoms with Crippen LogP contribution < -0.4 is 14.8 Å². The summed E-state index contributed by atoms with van der Waals surface area (Å²) in [4.78, 5) is 1.25. The first-order valence-corrected chi connectivity index (χ1v) is 9.78. The first-order chi connectivity index (χ1) is 10.2. The largest absolute Gasteiger partial charge is 0.493 e. The van der Waals surface area contributed by atoms with E-state index in [2.05, 4.69) is 30.0 Å². The summed E-state index contributed by atoms with van der Waals surface area (Å²) in [5, 5.41) is 4.53. The topological polar surface area (TPSA) is 30.5 Å². The molecule has 0 saturated heterocycles. The van der Waals surface area contributed by atoms with E-state index in [4.69, 9.17) is 9.47 Å². The predicted octanol–water partition coefficient (Wildman–Crippen LogP) is 3.80. The lowest BCUT2D eigenvalue weighted by Gasteiger charge is -2.17. The average Bonchev–Trinajstić information content (AvgIpc) is 2.99. The summed E-state index contributed by atoms with van der Waals surface area (Å²) in [5.41, 5.74) is 1.28. The van der Waals surface area contributed by atoms with Crippen LogP contribution in [-0.2, 0) is 6.54 Å². The third-order valence-corrected chi connectivity index (χ3v) is 6.00. The molecular weight excluding hydrogens is 302 g/mol. The van der Waals surface area contributed by atoms with Crippen LogP contribution in [0.2, 0.25) is 0 Å². The molecule has 2 rings (SSSR count). The molecule has 2 atom stereocenters. The van der Waals surface area contributed by atoms with Crippen molar-refractivity contribution in [3.05, 3.63) is 17.7 Å². The fourth-order valence-corrected chi connectivity index (χ4v) is 4.24. The van der Waals surface area contributed by atoms with Gasteiger partial charge in [-0.05, 0) is 49.5 Å². The lowest BCUT2D eigenvalue weighted by Crippen LogP contribution is -2.26. The van der Waals surface area contributed by atoms with Gasteiger partial charge in [0.25, 0.3) is 0 Å². The van der Waals surface area contributed by atoms with Crippen molar-refractivity contribution in [2.45, 2.75) is 42.0 Å². The number of nitrogens with one attached hydrogen (secondary N) is 1. The van der Waals surface area contributed by atoms with Crippen molar-refractivity contribution in [2.24, 2.45) is 0 Å². The number of thioether (sulfide) groups is 2. The zero-order valence-corrected chi connectivity index (χ0v) is 14.9. The molecule has 1 aliphatic rings. The molecule has 118 valence electrons. The van der Waals surface area contributed by atoms with Gasteiger partial charge in [0.1, 0.15) is 0 Å². The van der Waals surface area contributed by atoms with Crippen LogP contribution in [0.3, 0.4) is 0 Å². The van der Waals surface area contributed by atoms with Crippen molar-refractivity contribution in [1.82, 2.24) is 5.32 Å². The van der Waals surface area contributed by atoms with E-state index < -0.39 is 0 Å². The molecule has 0 heterocycles. The Labute approximate surface area is 136 Å². The van der Waals surface area contributed by atoms with Gasteiger partial charge in [-0.2, -0.15) is 11.8 Å². The molecule has 0 aromatic heterocycles. The highest BCUT2D eigenvalue weighted by Gasteiger charge is 2.23. The van der Waals surface area contributed by atoms with Gasteiger partial charge in [-0.25, -0.2) is 0 Å². The van der Waals surface area contributed by atoms with Crippen molar-refractivity contribution in [1.29, 1.82) is 0 Å². The Bertz CT molecular complexity index is 468. The van der Waals surface area contributed by atoms with Gasteiger partial charge in [-0.3, -0.25) is 0 Å².